The maximum Gasteiger partial charge on any atom is 0.419 e. The van der Waals surface area contributed by atoms with Gasteiger partial charge in [0.15, 0.2) is 11.5 Å². The number of nitrogens with two attached hydrogens (primary N) is 1. The Labute approximate surface area is 222 Å². The highest BCUT2D eigenvalue weighted by Crippen LogP contribution is 2.38. The van der Waals surface area contributed by atoms with E-state index in [1.807, 2.05) is 0 Å². The second-order valence-electron chi connectivity index (χ2n) is 9.25. The number of hydrogen-bond acceptors (Lipinski definition) is 8. The summed E-state index contributed by atoms with van der Waals surface area (Å²) in [7, 11) is 2.79. The Bertz CT molecular complexity index is 1380. The van der Waals surface area contributed by atoms with Crippen LogP contribution < -0.4 is 20.5 Å². The van der Waals surface area contributed by atoms with E-state index in [-0.39, 0.29) is 29.7 Å². The standard InChI is InChI=1S/C26H29F4N5O4/c1-13(17-8-15(31)9-19(23(17)27)26(28,29)30)32-24-18-10-22(21(37-3)11-20(18)33-14(2)34-24)39-12-16-6-5-7-35(16)25(36)38-4/h8-11,13,16H,5-7,12,31H2,1-4H3,(H,32,33,34)/t13-,16+/m1/s1. The second-order valence-corrected chi connectivity index (χ2v) is 9.25. The lowest BCUT2D eigenvalue weighted by Crippen LogP contribution is -2.38. The minimum Gasteiger partial charge on any atom is -0.493 e. The molecule has 2 atom stereocenters. The van der Waals surface area contributed by atoms with E-state index in [0.717, 1.165) is 18.9 Å². The van der Waals surface area contributed by atoms with Crippen molar-refractivity contribution in [3.8, 4) is 11.5 Å². The van der Waals surface area contributed by atoms with Crippen LogP contribution >= 0.6 is 0 Å². The molecule has 1 aliphatic rings. The zero-order chi connectivity index (χ0) is 28.5. The van der Waals surface area contributed by atoms with Crippen molar-refractivity contribution in [1.82, 2.24) is 14.9 Å². The number of fused-ring (bicyclic) bond motifs is 1. The molecule has 2 aromatic carbocycles. The number of alkyl halides is 3. The highest BCUT2D eigenvalue weighted by atomic mass is 19.4. The van der Waals surface area contributed by atoms with E-state index in [1.165, 1.54) is 21.1 Å². The summed E-state index contributed by atoms with van der Waals surface area (Å²) in [6, 6.07) is 3.87. The van der Waals surface area contributed by atoms with Gasteiger partial charge in [-0.25, -0.2) is 19.2 Å². The lowest BCUT2D eigenvalue weighted by molar-refractivity contribution is -0.140. The molecule has 1 amide bonds. The van der Waals surface area contributed by atoms with Crippen molar-refractivity contribution in [2.75, 3.05) is 38.4 Å². The van der Waals surface area contributed by atoms with Gasteiger partial charge < -0.3 is 30.2 Å². The number of likely N-dealkylation sites (tertiary alicyclic amines) is 1. The summed E-state index contributed by atoms with van der Waals surface area (Å²) in [4.78, 5) is 22.5. The molecule has 0 saturated carbocycles. The van der Waals surface area contributed by atoms with Crippen LogP contribution in [0.5, 0.6) is 11.5 Å². The Morgan fingerprint density at radius 2 is 1.95 bits per heavy atom. The van der Waals surface area contributed by atoms with Crippen LogP contribution in [0.3, 0.4) is 0 Å². The van der Waals surface area contributed by atoms with Crippen LogP contribution in [0.4, 0.5) is 33.9 Å². The number of hydrogen-bond donors (Lipinski definition) is 2. The summed E-state index contributed by atoms with van der Waals surface area (Å²) in [5, 5.41) is 3.47. The van der Waals surface area contributed by atoms with Crippen molar-refractivity contribution in [2.45, 2.75) is 44.9 Å². The molecule has 2 heterocycles. The molecule has 1 aromatic heterocycles. The van der Waals surface area contributed by atoms with Crippen molar-refractivity contribution in [1.29, 1.82) is 0 Å². The number of carbonyl (C=O) groups is 1. The van der Waals surface area contributed by atoms with Crippen LogP contribution in [0.25, 0.3) is 10.9 Å². The number of aryl methyl sites for hydroxylation is 1. The first kappa shape index (κ1) is 28.0. The molecule has 39 heavy (non-hydrogen) atoms. The number of aromatic nitrogens is 2. The molecule has 0 bridgehead atoms. The van der Waals surface area contributed by atoms with Gasteiger partial charge in [0.25, 0.3) is 0 Å². The Morgan fingerprint density at radius 1 is 1.21 bits per heavy atom. The van der Waals surface area contributed by atoms with Gasteiger partial charge in [0.05, 0.1) is 37.4 Å². The average Bonchev–Trinajstić information content (AvgIpc) is 3.35. The molecule has 13 heteroatoms. The lowest BCUT2D eigenvalue weighted by atomic mass is 10.0. The highest BCUT2D eigenvalue weighted by Gasteiger charge is 2.36. The smallest absolute Gasteiger partial charge is 0.419 e. The van der Waals surface area contributed by atoms with E-state index in [4.69, 9.17) is 19.9 Å². The van der Waals surface area contributed by atoms with Crippen molar-refractivity contribution in [3.63, 3.8) is 0 Å². The molecule has 0 radical (unpaired) electrons. The van der Waals surface area contributed by atoms with Gasteiger partial charge in [-0.05, 0) is 44.9 Å². The molecule has 0 spiro atoms. The van der Waals surface area contributed by atoms with Crippen molar-refractivity contribution < 1.29 is 36.6 Å². The zero-order valence-electron chi connectivity index (χ0n) is 21.9. The van der Waals surface area contributed by atoms with E-state index >= 15 is 0 Å². The number of anilines is 2. The minimum atomic E-state index is -4.91. The zero-order valence-corrected chi connectivity index (χ0v) is 21.9. The SMILES string of the molecule is COC(=O)N1CCC[C@H]1COc1cc2c(N[C@H](C)c3cc(N)cc(C(F)(F)F)c3F)nc(C)nc2cc1OC. The van der Waals surface area contributed by atoms with Gasteiger partial charge in [0.1, 0.15) is 24.1 Å². The fourth-order valence-electron chi connectivity index (χ4n) is 4.66. The third-order valence-corrected chi connectivity index (χ3v) is 6.56. The first-order chi connectivity index (χ1) is 18.4. The van der Waals surface area contributed by atoms with Gasteiger partial charge in [-0.3, -0.25) is 0 Å². The fourth-order valence-corrected chi connectivity index (χ4v) is 4.66. The van der Waals surface area contributed by atoms with E-state index in [2.05, 4.69) is 15.3 Å². The molecule has 4 rings (SSSR count). The lowest BCUT2D eigenvalue weighted by Gasteiger charge is -2.24. The molecule has 1 saturated heterocycles. The average molecular weight is 552 g/mol. The van der Waals surface area contributed by atoms with Gasteiger partial charge in [0.2, 0.25) is 0 Å². The topological polar surface area (TPSA) is 112 Å². The Kier molecular flexibility index (Phi) is 7.89. The fraction of sp³-hybridized carbons (Fsp3) is 0.423. The number of nitrogens with zero attached hydrogens (tertiary/aromatic N) is 3. The van der Waals surface area contributed by atoms with Gasteiger partial charge in [-0.1, -0.05) is 0 Å². The minimum absolute atomic E-state index is 0.178. The number of halogens is 4. The number of rotatable bonds is 7. The molecule has 0 unspecified atom stereocenters. The van der Waals surface area contributed by atoms with Crippen LogP contribution in [0, 0.1) is 12.7 Å². The molecule has 1 fully saturated rings. The van der Waals surface area contributed by atoms with Crippen LogP contribution in [0.15, 0.2) is 24.3 Å². The Morgan fingerprint density at radius 3 is 2.62 bits per heavy atom. The van der Waals surface area contributed by atoms with Crippen LogP contribution in [0.1, 0.15) is 42.8 Å². The molecule has 9 nitrogen and oxygen atoms in total. The van der Waals surface area contributed by atoms with Crippen LogP contribution in [-0.2, 0) is 10.9 Å². The van der Waals surface area contributed by atoms with E-state index in [0.29, 0.717) is 40.8 Å². The molecular weight excluding hydrogens is 522 g/mol. The number of nitrogens with one attached hydrogen (secondary N) is 1. The maximum atomic E-state index is 14.9. The highest BCUT2D eigenvalue weighted by molar-refractivity contribution is 5.92. The van der Waals surface area contributed by atoms with E-state index in [9.17, 15) is 22.4 Å². The number of benzene rings is 2. The number of amides is 1. The predicted octanol–water partition coefficient (Wildman–Crippen LogP) is 5.47. The summed E-state index contributed by atoms with van der Waals surface area (Å²) in [5.41, 5.74) is 4.21. The Hall–Kier alpha value is -4.03. The van der Waals surface area contributed by atoms with Gasteiger partial charge in [-0.15, -0.1) is 0 Å². The molecular formula is C26H29F4N5O4. The summed E-state index contributed by atoms with van der Waals surface area (Å²) < 4.78 is 71.4. The largest absolute Gasteiger partial charge is 0.493 e. The van der Waals surface area contributed by atoms with Gasteiger partial charge in [-0.2, -0.15) is 13.2 Å². The summed E-state index contributed by atoms with van der Waals surface area (Å²) in [6.07, 6.45) is -3.78. The summed E-state index contributed by atoms with van der Waals surface area (Å²) in [6.45, 7) is 3.89. The van der Waals surface area contributed by atoms with Gasteiger partial charge >= 0.3 is 12.3 Å². The van der Waals surface area contributed by atoms with Crippen molar-refractivity contribution in [3.05, 3.63) is 47.0 Å². The number of nitrogen functional groups attached to an aromatic ring is 1. The summed E-state index contributed by atoms with van der Waals surface area (Å²) in [5.74, 6) is -0.0518. The first-order valence-corrected chi connectivity index (χ1v) is 12.2. The number of carbonyl (C=O) groups excluding carboxylic acids is 1. The van der Waals surface area contributed by atoms with E-state index < -0.39 is 29.7 Å². The van der Waals surface area contributed by atoms with Crippen molar-refractivity contribution in [2.24, 2.45) is 0 Å². The van der Waals surface area contributed by atoms with E-state index in [1.54, 1.807) is 24.0 Å². The molecule has 3 N–H and O–H groups in total. The first-order valence-electron chi connectivity index (χ1n) is 12.2. The third-order valence-electron chi connectivity index (χ3n) is 6.56. The monoisotopic (exact) mass is 551 g/mol. The summed E-state index contributed by atoms with van der Waals surface area (Å²) >= 11 is 0. The molecule has 1 aliphatic heterocycles. The number of ether oxygens (including phenoxy) is 3. The van der Waals surface area contributed by atoms with Crippen molar-refractivity contribution >= 4 is 28.5 Å². The molecule has 210 valence electrons. The second kappa shape index (κ2) is 11.0. The van der Waals surface area contributed by atoms with Crippen LogP contribution in [-0.4, -0.2) is 54.4 Å². The maximum absolute atomic E-state index is 14.9. The molecule has 3 aromatic rings. The van der Waals surface area contributed by atoms with Crippen LogP contribution in [0.2, 0.25) is 0 Å². The molecule has 0 aliphatic carbocycles. The third kappa shape index (κ3) is 5.86. The quantitative estimate of drug-likeness (QED) is 0.294. The van der Waals surface area contributed by atoms with Gasteiger partial charge in [0, 0.05) is 29.2 Å². The predicted molar refractivity (Wildman–Crippen MR) is 136 cm³/mol. The normalized spacial score (nSPS) is 16.3. The Balaban J connectivity index is 1.68. The number of methoxy groups -OCH3 is 2.